The number of fused-ring (bicyclic) bond motifs is 2. The highest BCUT2D eigenvalue weighted by molar-refractivity contribution is 6.30. The van der Waals surface area contributed by atoms with E-state index in [-0.39, 0.29) is 12.5 Å². The first kappa shape index (κ1) is 26.2. The second-order valence-electron chi connectivity index (χ2n) is 9.79. The molecule has 14 heteroatoms. The van der Waals surface area contributed by atoms with Gasteiger partial charge in [0.1, 0.15) is 6.33 Å². The molecule has 1 aliphatic rings. The van der Waals surface area contributed by atoms with Gasteiger partial charge in [-0.15, -0.1) is 15.3 Å². The fourth-order valence-electron chi connectivity index (χ4n) is 5.13. The van der Waals surface area contributed by atoms with Gasteiger partial charge in [0.25, 0.3) is 5.91 Å². The molecule has 212 valence electrons. The van der Waals surface area contributed by atoms with Crippen molar-refractivity contribution in [1.82, 2.24) is 50.1 Å². The number of anilines is 1. The van der Waals surface area contributed by atoms with Crippen LogP contribution >= 0.6 is 11.6 Å². The van der Waals surface area contributed by atoms with Crippen molar-refractivity contribution < 1.29 is 9.59 Å². The van der Waals surface area contributed by atoms with Crippen molar-refractivity contribution in [3.8, 4) is 17.1 Å². The van der Waals surface area contributed by atoms with Crippen molar-refractivity contribution in [2.75, 3.05) is 11.9 Å². The summed E-state index contributed by atoms with van der Waals surface area (Å²) in [5.41, 5.74) is 3.43. The Kier molecular flexibility index (Phi) is 6.68. The number of hydrogen-bond donors (Lipinski definition) is 2. The number of H-pyrrole nitrogens is 1. The highest BCUT2D eigenvalue weighted by atomic mass is 35.5. The maximum absolute atomic E-state index is 13.9. The maximum atomic E-state index is 13.9. The van der Waals surface area contributed by atoms with E-state index in [4.69, 9.17) is 11.6 Å². The van der Waals surface area contributed by atoms with Crippen molar-refractivity contribution >= 4 is 46.1 Å². The highest BCUT2D eigenvalue weighted by Crippen LogP contribution is 2.31. The van der Waals surface area contributed by atoms with Gasteiger partial charge in [0, 0.05) is 46.4 Å². The van der Waals surface area contributed by atoms with E-state index in [0.29, 0.717) is 40.2 Å². The van der Waals surface area contributed by atoms with Gasteiger partial charge in [-0.3, -0.25) is 14.7 Å². The van der Waals surface area contributed by atoms with Crippen LogP contribution in [0.3, 0.4) is 0 Å². The number of tetrazole rings is 1. The lowest BCUT2D eigenvalue weighted by Gasteiger charge is -2.34. The van der Waals surface area contributed by atoms with E-state index < -0.39 is 11.9 Å². The number of aromatic nitrogens is 9. The Bertz CT molecular complexity index is 1980. The summed E-state index contributed by atoms with van der Waals surface area (Å²) in [7, 11) is 0. The largest absolute Gasteiger partial charge is 0.324 e. The number of rotatable bonds is 6. The molecule has 0 spiro atoms. The van der Waals surface area contributed by atoms with Gasteiger partial charge in [-0.05, 0) is 52.9 Å². The van der Waals surface area contributed by atoms with Gasteiger partial charge in [0.15, 0.2) is 17.7 Å². The number of aromatic amines is 1. The predicted molar refractivity (Wildman–Crippen MR) is 158 cm³/mol. The molecule has 0 aliphatic carbocycles. The van der Waals surface area contributed by atoms with Crippen LogP contribution in [0.4, 0.5) is 5.69 Å². The summed E-state index contributed by atoms with van der Waals surface area (Å²) in [5, 5.41) is 31.4. The minimum Gasteiger partial charge on any atom is -0.324 e. The summed E-state index contributed by atoms with van der Waals surface area (Å²) in [6.45, 7) is 0.657. The molecule has 0 bridgehead atoms. The summed E-state index contributed by atoms with van der Waals surface area (Å²) in [6.07, 6.45) is 6.18. The molecule has 13 nitrogen and oxygen atoms in total. The maximum Gasteiger partial charge on any atom is 0.255 e. The van der Waals surface area contributed by atoms with Crippen LogP contribution in [0.5, 0.6) is 0 Å². The summed E-state index contributed by atoms with van der Waals surface area (Å²) in [5.74, 6) is 0.178. The van der Waals surface area contributed by atoms with Crippen LogP contribution in [0.25, 0.3) is 34.1 Å². The average Bonchev–Trinajstić information content (AvgIpc) is 3.81. The molecule has 0 radical (unpaired) electrons. The van der Waals surface area contributed by atoms with Gasteiger partial charge in [-0.1, -0.05) is 41.9 Å². The Balaban J connectivity index is 1.23. The molecule has 1 atom stereocenters. The molecular weight excluding hydrogens is 570 g/mol. The Morgan fingerprint density at radius 3 is 2.74 bits per heavy atom. The Hall–Kier alpha value is -5.69. The number of halogens is 1. The first-order valence-electron chi connectivity index (χ1n) is 13.3. The zero-order valence-electron chi connectivity index (χ0n) is 22.4. The summed E-state index contributed by atoms with van der Waals surface area (Å²) in [6, 6.07) is 19.1. The Morgan fingerprint density at radius 1 is 1.02 bits per heavy atom. The van der Waals surface area contributed by atoms with E-state index in [0.717, 1.165) is 16.5 Å². The minimum atomic E-state index is -1.05. The van der Waals surface area contributed by atoms with Gasteiger partial charge in [-0.25, -0.2) is 0 Å². The molecule has 3 aromatic carbocycles. The van der Waals surface area contributed by atoms with Gasteiger partial charge >= 0.3 is 0 Å². The van der Waals surface area contributed by atoms with E-state index in [1.807, 2.05) is 41.0 Å². The number of carbonyl (C=O) groups is 2. The number of nitrogens with zero attached hydrogens (tertiary/aromatic N) is 9. The van der Waals surface area contributed by atoms with Crippen molar-refractivity contribution in [2.24, 2.45) is 0 Å². The minimum absolute atomic E-state index is 0.251. The molecule has 0 fully saturated rings. The standard InChI is InChI=1S/C29H22ClN11O2/c30-21-8-10-24(41-17-32-37-38-41)19(14-21)7-11-25(42)39-12-13-40-27(18-4-2-1-3-5-18)35-36-28(40)26(39)29(43)33-22-9-6-20-16-31-34-23(20)15-22/h1-11,14-17,26H,12-13H2,(H,31,34)(H,33,43)/b11-7+. The van der Waals surface area contributed by atoms with Gasteiger partial charge in [0.05, 0.1) is 17.4 Å². The third-order valence-electron chi connectivity index (χ3n) is 7.16. The molecule has 43 heavy (non-hydrogen) atoms. The predicted octanol–water partition coefficient (Wildman–Crippen LogP) is 3.69. The summed E-state index contributed by atoms with van der Waals surface area (Å²) < 4.78 is 3.36. The molecule has 0 saturated carbocycles. The molecule has 2 amide bonds. The molecule has 6 aromatic rings. The van der Waals surface area contributed by atoms with Crippen LogP contribution < -0.4 is 5.32 Å². The van der Waals surface area contributed by atoms with Crippen LogP contribution in [0.1, 0.15) is 17.4 Å². The van der Waals surface area contributed by atoms with Gasteiger partial charge in [0.2, 0.25) is 5.91 Å². The Labute approximate surface area is 248 Å². The lowest BCUT2D eigenvalue weighted by Crippen LogP contribution is -2.46. The molecule has 0 saturated heterocycles. The second-order valence-corrected chi connectivity index (χ2v) is 10.2. The zero-order chi connectivity index (χ0) is 29.3. The molecule has 1 aliphatic heterocycles. The average molecular weight is 592 g/mol. The van der Waals surface area contributed by atoms with Crippen LogP contribution in [0, 0.1) is 0 Å². The zero-order valence-corrected chi connectivity index (χ0v) is 23.1. The molecule has 4 heterocycles. The van der Waals surface area contributed by atoms with E-state index in [1.165, 1.54) is 22.0 Å². The quantitative estimate of drug-likeness (QED) is 0.278. The number of amides is 2. The number of benzene rings is 3. The van der Waals surface area contributed by atoms with Crippen molar-refractivity contribution in [3.05, 3.63) is 102 Å². The second kappa shape index (κ2) is 10.9. The van der Waals surface area contributed by atoms with Gasteiger partial charge < -0.3 is 14.8 Å². The Morgan fingerprint density at radius 2 is 1.91 bits per heavy atom. The number of hydrogen-bond acceptors (Lipinski definition) is 8. The van der Waals surface area contributed by atoms with E-state index in [1.54, 1.807) is 42.6 Å². The lowest BCUT2D eigenvalue weighted by molar-refractivity contribution is -0.136. The summed E-state index contributed by atoms with van der Waals surface area (Å²) >= 11 is 6.25. The van der Waals surface area contributed by atoms with E-state index in [2.05, 4.69) is 41.2 Å². The lowest BCUT2D eigenvalue weighted by atomic mass is 10.1. The number of nitrogens with one attached hydrogen (secondary N) is 2. The molecule has 7 rings (SSSR count). The first-order chi connectivity index (χ1) is 21.0. The summed E-state index contributed by atoms with van der Waals surface area (Å²) in [4.78, 5) is 29.2. The van der Waals surface area contributed by atoms with Crippen LogP contribution in [0.15, 0.2) is 85.3 Å². The molecule has 1 unspecified atom stereocenters. The third-order valence-corrected chi connectivity index (χ3v) is 7.40. The van der Waals surface area contributed by atoms with Crippen LogP contribution in [-0.2, 0) is 16.1 Å². The normalized spacial score (nSPS) is 14.7. The van der Waals surface area contributed by atoms with Crippen LogP contribution in [-0.4, -0.2) is 68.4 Å². The van der Waals surface area contributed by atoms with Crippen LogP contribution in [0.2, 0.25) is 5.02 Å². The molecular formula is C29H22ClN11O2. The third kappa shape index (κ3) is 5.02. The smallest absolute Gasteiger partial charge is 0.255 e. The molecule has 2 N–H and O–H groups in total. The highest BCUT2D eigenvalue weighted by Gasteiger charge is 2.39. The van der Waals surface area contributed by atoms with Crippen molar-refractivity contribution in [2.45, 2.75) is 12.6 Å². The van der Waals surface area contributed by atoms with E-state index >= 15 is 0 Å². The number of carbonyl (C=O) groups excluding carboxylic acids is 2. The SMILES string of the molecule is O=C(Nc1ccc2cn[nH]c2c1)C1c2nnc(-c3ccccc3)n2CCN1C(=O)/C=C/c1cc(Cl)ccc1-n1cnnn1. The first-order valence-corrected chi connectivity index (χ1v) is 13.7. The van der Waals surface area contributed by atoms with Crippen molar-refractivity contribution in [1.29, 1.82) is 0 Å². The molecule has 3 aromatic heterocycles. The van der Waals surface area contributed by atoms with Crippen molar-refractivity contribution in [3.63, 3.8) is 0 Å². The fraction of sp³-hybridized carbons (Fsp3) is 0.103. The topological polar surface area (TPSA) is 152 Å². The monoisotopic (exact) mass is 591 g/mol. The van der Waals surface area contributed by atoms with E-state index in [9.17, 15) is 9.59 Å². The fourth-order valence-corrected chi connectivity index (χ4v) is 5.31. The van der Waals surface area contributed by atoms with Gasteiger partial charge in [-0.2, -0.15) is 9.78 Å².